The Kier molecular flexibility index (Phi) is 5.69. The Morgan fingerprint density at radius 3 is 2.68 bits per heavy atom. The number of nitrogens with one attached hydrogen (secondary N) is 1. The Labute approximate surface area is 222 Å². The smallest absolute Gasteiger partial charge is 0.194 e. The van der Waals surface area contributed by atoms with Crippen LogP contribution in [-0.4, -0.2) is 49.6 Å². The number of fused-ring (bicyclic) bond motifs is 2. The number of nitrogens with two attached hydrogens (primary N) is 1. The summed E-state index contributed by atoms with van der Waals surface area (Å²) in [6.45, 7) is 4.35. The predicted molar refractivity (Wildman–Crippen MR) is 151 cm³/mol. The minimum Gasteiger partial charge on any atom is -0.383 e. The molecule has 194 valence electrons. The number of anilines is 1. The van der Waals surface area contributed by atoms with Gasteiger partial charge in [0.25, 0.3) is 0 Å². The summed E-state index contributed by atoms with van der Waals surface area (Å²) in [6, 6.07) is 13.5. The summed E-state index contributed by atoms with van der Waals surface area (Å²) in [5, 5.41) is 4.46. The van der Waals surface area contributed by atoms with Crippen LogP contribution in [0.2, 0.25) is 0 Å². The van der Waals surface area contributed by atoms with Gasteiger partial charge in [0.05, 0.1) is 28.5 Å². The molecule has 3 heterocycles. The van der Waals surface area contributed by atoms with Gasteiger partial charge in [0.15, 0.2) is 5.78 Å². The van der Waals surface area contributed by atoms with Crippen LogP contribution in [0.1, 0.15) is 77.3 Å². The SMILES string of the molecule is Cc1nc2ccc(-n3ncc(C(=O)C4=Cc5cc(C6CCN(C7CCCC7)CC6)ccc5C4)c3N)cc2[nH]1. The quantitative estimate of drug-likeness (QED) is 0.345. The largest absolute Gasteiger partial charge is 0.383 e. The van der Waals surface area contributed by atoms with E-state index in [4.69, 9.17) is 5.73 Å². The van der Waals surface area contributed by atoms with Crippen LogP contribution in [0.3, 0.4) is 0 Å². The van der Waals surface area contributed by atoms with Gasteiger partial charge in [-0.15, -0.1) is 0 Å². The molecule has 2 fully saturated rings. The van der Waals surface area contributed by atoms with Crippen molar-refractivity contribution in [2.24, 2.45) is 0 Å². The molecular weight excluding hydrogens is 472 g/mol. The van der Waals surface area contributed by atoms with Crippen molar-refractivity contribution in [2.75, 3.05) is 18.8 Å². The molecule has 1 saturated carbocycles. The lowest BCUT2D eigenvalue weighted by Gasteiger charge is -2.36. The summed E-state index contributed by atoms with van der Waals surface area (Å²) in [4.78, 5) is 23.9. The first kappa shape index (κ1) is 23.4. The average Bonchev–Trinajstić information content (AvgIpc) is 3.73. The molecule has 7 nitrogen and oxygen atoms in total. The Morgan fingerprint density at radius 2 is 1.87 bits per heavy atom. The fourth-order valence-corrected chi connectivity index (χ4v) is 6.79. The number of piperidine rings is 1. The normalized spacial score (nSPS) is 18.8. The number of nitrogen functional groups attached to an aromatic ring is 1. The lowest BCUT2D eigenvalue weighted by molar-refractivity contribution is 0.103. The van der Waals surface area contributed by atoms with Crippen molar-refractivity contribution in [3.05, 3.63) is 76.2 Å². The summed E-state index contributed by atoms with van der Waals surface area (Å²) >= 11 is 0. The van der Waals surface area contributed by atoms with E-state index >= 15 is 0 Å². The van der Waals surface area contributed by atoms with Gasteiger partial charge in [-0.25, -0.2) is 9.67 Å². The highest BCUT2D eigenvalue weighted by Crippen LogP contribution is 2.36. The van der Waals surface area contributed by atoms with Crippen LogP contribution in [0.4, 0.5) is 5.82 Å². The molecular formula is C31H34N6O. The number of hydrogen-bond acceptors (Lipinski definition) is 5. The molecule has 38 heavy (non-hydrogen) atoms. The van der Waals surface area contributed by atoms with Crippen LogP contribution in [0.15, 0.2) is 48.2 Å². The van der Waals surface area contributed by atoms with Crippen LogP contribution in [0.5, 0.6) is 0 Å². The van der Waals surface area contributed by atoms with Gasteiger partial charge in [-0.05, 0) is 92.6 Å². The molecule has 2 aliphatic carbocycles. The minimum atomic E-state index is -0.0464. The molecule has 0 atom stereocenters. The van der Waals surface area contributed by atoms with Gasteiger partial charge in [-0.1, -0.05) is 31.0 Å². The van der Waals surface area contributed by atoms with E-state index in [1.807, 2.05) is 25.1 Å². The number of ketones is 1. The number of aryl methyl sites for hydroxylation is 1. The summed E-state index contributed by atoms with van der Waals surface area (Å²) in [5.41, 5.74) is 14.1. The zero-order valence-corrected chi connectivity index (χ0v) is 21.9. The van der Waals surface area contributed by atoms with Gasteiger partial charge in [0.1, 0.15) is 11.6 Å². The van der Waals surface area contributed by atoms with Gasteiger partial charge in [-0.2, -0.15) is 5.10 Å². The summed E-state index contributed by atoms with van der Waals surface area (Å²) < 4.78 is 1.63. The molecule has 7 rings (SSSR count). The van der Waals surface area contributed by atoms with E-state index in [1.165, 1.54) is 68.3 Å². The van der Waals surface area contributed by atoms with E-state index in [2.05, 4.69) is 44.2 Å². The number of aromatic amines is 1. The number of likely N-dealkylation sites (tertiary alicyclic amines) is 1. The topological polar surface area (TPSA) is 92.8 Å². The minimum absolute atomic E-state index is 0.0464. The molecule has 0 unspecified atom stereocenters. The number of nitrogens with zero attached hydrogens (tertiary/aromatic N) is 4. The first-order chi connectivity index (χ1) is 18.5. The van der Waals surface area contributed by atoms with Crippen molar-refractivity contribution in [2.45, 2.75) is 63.8 Å². The number of Topliss-reactive ketones (excluding diaryl/α,β-unsaturated/α-hetero) is 1. The van der Waals surface area contributed by atoms with E-state index in [0.717, 1.165) is 34.2 Å². The third kappa shape index (κ3) is 4.06. The zero-order chi connectivity index (χ0) is 25.8. The third-order valence-corrected chi connectivity index (χ3v) is 8.89. The summed E-state index contributed by atoms with van der Waals surface area (Å²) in [6.07, 6.45) is 12.3. The first-order valence-corrected chi connectivity index (χ1v) is 14.0. The highest BCUT2D eigenvalue weighted by Gasteiger charge is 2.29. The number of allylic oxidation sites excluding steroid dienone is 1. The van der Waals surface area contributed by atoms with Crippen LogP contribution < -0.4 is 5.73 Å². The Morgan fingerprint density at radius 1 is 1.05 bits per heavy atom. The second-order valence-corrected chi connectivity index (χ2v) is 11.3. The van der Waals surface area contributed by atoms with Gasteiger partial charge in [0.2, 0.25) is 0 Å². The van der Waals surface area contributed by atoms with E-state index < -0.39 is 0 Å². The van der Waals surface area contributed by atoms with Crippen LogP contribution in [-0.2, 0) is 6.42 Å². The standard InChI is InChI=1S/C31H34N6O/c1-19-34-28-9-8-26(17-29(28)35-19)37-31(32)27(18-33-37)30(38)24-15-22-7-6-21(14-23(22)16-24)20-10-12-36(13-11-20)25-4-2-3-5-25/h6-9,14,16-18,20,25H,2-5,10-13,15,32H2,1H3,(H,34,35). The second kappa shape index (κ2) is 9.24. The van der Waals surface area contributed by atoms with Crippen LogP contribution >= 0.6 is 0 Å². The monoisotopic (exact) mass is 506 g/mol. The maximum Gasteiger partial charge on any atom is 0.194 e. The van der Waals surface area contributed by atoms with Crippen LogP contribution in [0.25, 0.3) is 22.8 Å². The Hall–Kier alpha value is -3.71. The molecule has 0 radical (unpaired) electrons. The highest BCUT2D eigenvalue weighted by molar-refractivity contribution is 6.15. The molecule has 7 heteroatoms. The molecule has 2 aromatic carbocycles. The molecule has 2 aromatic heterocycles. The van der Waals surface area contributed by atoms with Crippen molar-refractivity contribution >= 4 is 28.7 Å². The molecule has 0 spiro atoms. The summed E-state index contributed by atoms with van der Waals surface area (Å²) in [5.74, 6) is 1.77. The first-order valence-electron chi connectivity index (χ1n) is 14.0. The van der Waals surface area contributed by atoms with Gasteiger partial charge < -0.3 is 15.6 Å². The van der Waals surface area contributed by atoms with Crippen LogP contribution in [0, 0.1) is 6.92 Å². The lowest BCUT2D eigenvalue weighted by atomic mass is 9.87. The van der Waals surface area contributed by atoms with Crippen molar-refractivity contribution in [3.63, 3.8) is 0 Å². The molecule has 0 amide bonds. The summed E-state index contributed by atoms with van der Waals surface area (Å²) in [7, 11) is 0. The van der Waals surface area contributed by atoms with Crippen molar-refractivity contribution in [1.82, 2.24) is 24.6 Å². The maximum absolute atomic E-state index is 13.5. The molecule has 3 N–H and O–H groups in total. The molecule has 3 aliphatic rings. The lowest BCUT2D eigenvalue weighted by Crippen LogP contribution is -2.39. The number of H-pyrrole nitrogens is 1. The average molecular weight is 507 g/mol. The highest BCUT2D eigenvalue weighted by atomic mass is 16.1. The third-order valence-electron chi connectivity index (χ3n) is 8.89. The predicted octanol–water partition coefficient (Wildman–Crippen LogP) is 5.58. The molecule has 4 aromatic rings. The van der Waals surface area contributed by atoms with Gasteiger partial charge in [-0.3, -0.25) is 4.79 Å². The zero-order valence-electron chi connectivity index (χ0n) is 21.9. The van der Waals surface area contributed by atoms with Crippen molar-refractivity contribution in [1.29, 1.82) is 0 Å². The van der Waals surface area contributed by atoms with E-state index in [9.17, 15) is 4.79 Å². The van der Waals surface area contributed by atoms with E-state index in [-0.39, 0.29) is 5.78 Å². The van der Waals surface area contributed by atoms with E-state index in [0.29, 0.717) is 23.7 Å². The van der Waals surface area contributed by atoms with Gasteiger partial charge in [0, 0.05) is 18.0 Å². The number of imidazole rings is 1. The van der Waals surface area contributed by atoms with Gasteiger partial charge >= 0.3 is 0 Å². The van der Waals surface area contributed by atoms with E-state index in [1.54, 1.807) is 10.9 Å². The number of aromatic nitrogens is 4. The molecule has 0 bridgehead atoms. The Balaban J connectivity index is 1.08. The number of benzene rings is 2. The number of hydrogen-bond donors (Lipinski definition) is 2. The maximum atomic E-state index is 13.5. The number of rotatable bonds is 5. The number of carbonyl (C=O) groups is 1. The fraction of sp³-hybridized carbons (Fsp3) is 0.387. The van der Waals surface area contributed by atoms with Crippen molar-refractivity contribution in [3.8, 4) is 5.69 Å². The Bertz CT molecular complexity index is 1560. The molecule has 1 aliphatic heterocycles. The molecule has 1 saturated heterocycles. The fourth-order valence-electron chi connectivity index (χ4n) is 6.79. The second-order valence-electron chi connectivity index (χ2n) is 11.3. The van der Waals surface area contributed by atoms with Crippen molar-refractivity contribution < 1.29 is 4.79 Å². The number of carbonyl (C=O) groups excluding carboxylic acids is 1.